The molecule has 118 valence electrons. The predicted octanol–water partition coefficient (Wildman–Crippen LogP) is 2.72. The molecule has 23 heavy (non-hydrogen) atoms. The van der Waals surface area contributed by atoms with Gasteiger partial charge in [0.15, 0.2) is 5.82 Å². The molecule has 2 N–H and O–H groups in total. The van der Waals surface area contributed by atoms with E-state index in [0.717, 1.165) is 0 Å². The van der Waals surface area contributed by atoms with Crippen molar-refractivity contribution in [2.75, 3.05) is 24.7 Å². The van der Waals surface area contributed by atoms with Gasteiger partial charge in [0.05, 0.1) is 17.6 Å². The minimum atomic E-state index is -0.480. The third-order valence-corrected chi connectivity index (χ3v) is 2.67. The number of nitrogens with one attached hydrogen (secondary N) is 2. The minimum absolute atomic E-state index is 0.313. The van der Waals surface area contributed by atoms with E-state index in [-0.39, 0.29) is 0 Å². The molecular weight excluding hydrogens is 296 g/mol. The number of nitrogens with zero attached hydrogens (tertiary/aromatic N) is 4. The molecule has 0 unspecified atom stereocenters. The van der Waals surface area contributed by atoms with Gasteiger partial charge in [0.25, 0.3) is 0 Å². The van der Waals surface area contributed by atoms with Crippen molar-refractivity contribution in [2.45, 2.75) is 6.92 Å². The van der Waals surface area contributed by atoms with E-state index in [1.54, 1.807) is 42.4 Å². The minimum Gasteiger partial charge on any atom is -0.369 e. The fourth-order valence-electron chi connectivity index (χ4n) is 1.70. The van der Waals surface area contributed by atoms with Crippen LogP contribution < -0.4 is 10.6 Å². The molecule has 1 heterocycles. The highest BCUT2D eigenvalue weighted by atomic mass is 16.5. The van der Waals surface area contributed by atoms with Gasteiger partial charge in [0, 0.05) is 25.8 Å². The normalized spacial score (nSPS) is 10.3. The topological polar surface area (TPSA) is 107 Å². The fraction of sp³-hybridized carbons (Fsp3) is 0.200. The van der Waals surface area contributed by atoms with Crippen molar-refractivity contribution in [1.29, 1.82) is 5.26 Å². The molecule has 0 atom stereocenters. The van der Waals surface area contributed by atoms with Crippen LogP contribution in [0.2, 0.25) is 0 Å². The molecule has 0 radical (unpaired) electrons. The molecule has 1 aromatic heterocycles. The summed E-state index contributed by atoms with van der Waals surface area (Å²) in [5.74, 6) is 0.905. The van der Waals surface area contributed by atoms with Crippen LogP contribution in [0, 0.1) is 18.3 Å². The Kier molecular flexibility index (Phi) is 4.94. The lowest BCUT2D eigenvalue weighted by molar-refractivity contribution is 0.262. The predicted molar refractivity (Wildman–Crippen MR) is 86.9 cm³/mol. The zero-order chi connectivity index (χ0) is 16.8. The van der Waals surface area contributed by atoms with Gasteiger partial charge in [-0.15, -0.1) is 0 Å². The lowest BCUT2D eigenvalue weighted by atomic mass is 10.2. The number of urea groups is 1. The fourth-order valence-corrected chi connectivity index (χ4v) is 1.70. The van der Waals surface area contributed by atoms with Crippen LogP contribution in [0.1, 0.15) is 11.3 Å². The van der Waals surface area contributed by atoms with Crippen LogP contribution in [0.25, 0.3) is 0 Å². The number of nitriles is 1. The van der Waals surface area contributed by atoms with Crippen molar-refractivity contribution in [3.8, 4) is 6.07 Å². The van der Waals surface area contributed by atoms with E-state index in [0.29, 0.717) is 28.5 Å². The summed E-state index contributed by atoms with van der Waals surface area (Å²) in [5.41, 5.74) is 1.36. The largest absolute Gasteiger partial charge is 0.369 e. The van der Waals surface area contributed by atoms with E-state index in [1.165, 1.54) is 0 Å². The SMILES string of the molecule is Cc1cc(NC(=O)Nc2ccc(N=CN(C)C)c(C#N)c2)no1. The smallest absolute Gasteiger partial charge is 0.324 e. The van der Waals surface area contributed by atoms with E-state index < -0.39 is 6.03 Å². The number of aliphatic imine (C=N–C) groups is 1. The summed E-state index contributed by atoms with van der Waals surface area (Å²) in [4.78, 5) is 17.8. The van der Waals surface area contributed by atoms with Gasteiger partial charge in [-0.1, -0.05) is 5.16 Å². The number of anilines is 2. The Morgan fingerprint density at radius 3 is 2.78 bits per heavy atom. The third kappa shape index (κ3) is 4.57. The second-order valence-electron chi connectivity index (χ2n) is 4.95. The van der Waals surface area contributed by atoms with Crippen LogP contribution in [0.15, 0.2) is 33.8 Å². The van der Waals surface area contributed by atoms with Gasteiger partial charge in [-0.25, -0.2) is 9.79 Å². The van der Waals surface area contributed by atoms with Crippen LogP contribution in [0.4, 0.5) is 22.0 Å². The molecule has 0 saturated heterocycles. The van der Waals surface area contributed by atoms with Gasteiger partial charge in [0.2, 0.25) is 0 Å². The van der Waals surface area contributed by atoms with Crippen LogP contribution in [-0.2, 0) is 0 Å². The summed E-state index contributed by atoms with van der Waals surface area (Å²) < 4.78 is 4.86. The first-order valence-corrected chi connectivity index (χ1v) is 6.74. The molecule has 0 aliphatic rings. The molecule has 2 aromatic rings. The average molecular weight is 312 g/mol. The van der Waals surface area contributed by atoms with Crippen LogP contribution >= 0.6 is 0 Å². The quantitative estimate of drug-likeness (QED) is 0.667. The van der Waals surface area contributed by atoms with Gasteiger partial charge in [-0.2, -0.15) is 5.26 Å². The highest BCUT2D eigenvalue weighted by Crippen LogP contribution is 2.22. The first-order valence-electron chi connectivity index (χ1n) is 6.74. The van der Waals surface area contributed by atoms with Crippen molar-refractivity contribution >= 4 is 29.6 Å². The number of hydrogen-bond donors (Lipinski definition) is 2. The highest BCUT2D eigenvalue weighted by molar-refractivity contribution is 5.99. The average Bonchev–Trinajstić information content (AvgIpc) is 2.90. The van der Waals surface area contributed by atoms with E-state index in [9.17, 15) is 10.1 Å². The molecule has 0 bridgehead atoms. The molecule has 1 aromatic carbocycles. The Morgan fingerprint density at radius 1 is 1.39 bits per heavy atom. The maximum absolute atomic E-state index is 11.9. The molecular formula is C15H16N6O2. The summed E-state index contributed by atoms with van der Waals surface area (Å²) in [6.45, 7) is 1.72. The number of benzene rings is 1. The number of aryl methyl sites for hydroxylation is 1. The highest BCUT2D eigenvalue weighted by Gasteiger charge is 2.08. The summed E-state index contributed by atoms with van der Waals surface area (Å²) in [6.07, 6.45) is 1.60. The summed E-state index contributed by atoms with van der Waals surface area (Å²) >= 11 is 0. The van der Waals surface area contributed by atoms with Gasteiger partial charge < -0.3 is 14.7 Å². The second-order valence-corrected chi connectivity index (χ2v) is 4.95. The van der Waals surface area contributed by atoms with Crippen molar-refractivity contribution in [3.05, 3.63) is 35.6 Å². The Bertz CT molecular complexity index is 773. The number of carbonyl (C=O) groups excluding carboxylic acids is 1. The third-order valence-electron chi connectivity index (χ3n) is 2.67. The maximum Gasteiger partial charge on any atom is 0.324 e. The number of carbonyl (C=O) groups is 1. The Hall–Kier alpha value is -3.34. The Morgan fingerprint density at radius 2 is 2.17 bits per heavy atom. The van der Waals surface area contributed by atoms with E-state index in [4.69, 9.17) is 4.52 Å². The lowest BCUT2D eigenvalue weighted by Crippen LogP contribution is -2.19. The van der Waals surface area contributed by atoms with E-state index in [2.05, 4.69) is 26.9 Å². The van der Waals surface area contributed by atoms with Gasteiger partial charge in [-0.05, 0) is 25.1 Å². The lowest BCUT2D eigenvalue weighted by Gasteiger charge is -2.07. The van der Waals surface area contributed by atoms with E-state index >= 15 is 0 Å². The van der Waals surface area contributed by atoms with E-state index in [1.807, 2.05) is 14.1 Å². The van der Waals surface area contributed by atoms with Crippen molar-refractivity contribution in [2.24, 2.45) is 4.99 Å². The molecule has 2 amide bonds. The van der Waals surface area contributed by atoms with Crippen molar-refractivity contribution in [3.63, 3.8) is 0 Å². The molecule has 0 spiro atoms. The molecule has 2 rings (SSSR count). The maximum atomic E-state index is 11.9. The van der Waals surface area contributed by atoms with Crippen molar-refractivity contribution in [1.82, 2.24) is 10.1 Å². The van der Waals surface area contributed by atoms with Gasteiger partial charge in [0.1, 0.15) is 11.8 Å². The Labute approximate surface area is 133 Å². The van der Waals surface area contributed by atoms with Crippen molar-refractivity contribution < 1.29 is 9.32 Å². The van der Waals surface area contributed by atoms with Gasteiger partial charge in [-0.3, -0.25) is 5.32 Å². The number of hydrogen-bond acceptors (Lipinski definition) is 5. The zero-order valence-electron chi connectivity index (χ0n) is 13.0. The molecule has 0 fully saturated rings. The molecule has 0 aliphatic carbocycles. The first kappa shape index (κ1) is 16.0. The number of aromatic nitrogens is 1. The van der Waals surface area contributed by atoms with Crippen LogP contribution in [-0.4, -0.2) is 36.5 Å². The molecule has 0 aliphatic heterocycles. The van der Waals surface area contributed by atoms with Gasteiger partial charge >= 0.3 is 6.03 Å². The van der Waals surface area contributed by atoms with Crippen LogP contribution in [0.5, 0.6) is 0 Å². The van der Waals surface area contributed by atoms with Crippen LogP contribution in [0.3, 0.4) is 0 Å². The first-order chi connectivity index (χ1) is 11.0. The molecule has 8 heteroatoms. The monoisotopic (exact) mass is 312 g/mol. The standard InChI is InChI=1S/C15H16N6O2/c1-10-6-14(20-23-10)19-15(22)18-12-4-5-13(11(7-12)8-16)17-9-21(2)3/h4-7,9H,1-3H3,(H2,18,19,20,22). The number of amides is 2. The number of rotatable bonds is 4. The molecule has 0 saturated carbocycles. The Balaban J connectivity index is 2.08. The molecule has 8 nitrogen and oxygen atoms in total. The summed E-state index contributed by atoms with van der Waals surface area (Å²) in [7, 11) is 3.67. The second kappa shape index (κ2) is 7.09. The summed E-state index contributed by atoms with van der Waals surface area (Å²) in [6, 6.07) is 8.05. The zero-order valence-corrected chi connectivity index (χ0v) is 13.0. The summed E-state index contributed by atoms with van der Waals surface area (Å²) in [5, 5.41) is 18.0.